The van der Waals surface area contributed by atoms with Gasteiger partial charge in [-0.15, -0.1) is 11.3 Å². The minimum atomic E-state index is -0.0887. The molecule has 8 aromatic rings. The van der Waals surface area contributed by atoms with Crippen LogP contribution in [0.3, 0.4) is 0 Å². The Bertz CT molecular complexity index is 2650. The standard InChI is InChI=1S/C48H36S/c1-29-17-23-37-40(27-29)45(36-15-8-7-14-35(36)44(37)32-20-18-31(19-21-32)30-11-5-4-6-12-30)33-22-24-39-42(28-33)48(2,3)41-26-25-38-34-13-9-10-16-43(34)49-47(38)46(39)41/h4-26,28-29H,27H2,1-3H3. The topological polar surface area (TPSA) is 0 Å². The zero-order valence-corrected chi connectivity index (χ0v) is 28.9. The van der Waals surface area contributed by atoms with E-state index in [1.165, 1.54) is 97.7 Å². The molecule has 0 saturated heterocycles. The largest absolute Gasteiger partial charge is 0.135 e. The molecule has 10 rings (SSSR count). The number of thiophene rings is 1. The third-order valence-corrected chi connectivity index (χ3v) is 12.4. The van der Waals surface area contributed by atoms with Crippen molar-refractivity contribution in [2.24, 2.45) is 5.92 Å². The molecule has 1 aromatic heterocycles. The van der Waals surface area contributed by atoms with Gasteiger partial charge in [-0.05, 0) is 96.4 Å². The van der Waals surface area contributed by atoms with E-state index in [0.717, 1.165) is 6.42 Å². The summed E-state index contributed by atoms with van der Waals surface area (Å²) in [5.74, 6) is 0.483. The normalized spacial score (nSPS) is 15.9. The molecule has 0 spiro atoms. The van der Waals surface area contributed by atoms with Gasteiger partial charge in [-0.3, -0.25) is 0 Å². The highest BCUT2D eigenvalue weighted by atomic mass is 32.1. The summed E-state index contributed by atoms with van der Waals surface area (Å²) in [7, 11) is 0. The zero-order valence-electron chi connectivity index (χ0n) is 28.0. The fraction of sp³-hybridized carbons (Fsp3) is 0.125. The molecule has 1 heterocycles. The second-order valence-electron chi connectivity index (χ2n) is 14.5. The predicted molar refractivity (Wildman–Crippen MR) is 213 cm³/mol. The van der Waals surface area contributed by atoms with Gasteiger partial charge in [0.05, 0.1) is 0 Å². The average Bonchev–Trinajstić information content (AvgIpc) is 3.63. The minimum Gasteiger partial charge on any atom is -0.135 e. The molecule has 49 heavy (non-hydrogen) atoms. The van der Waals surface area contributed by atoms with Gasteiger partial charge < -0.3 is 0 Å². The van der Waals surface area contributed by atoms with Crippen LogP contribution in [0.4, 0.5) is 0 Å². The summed E-state index contributed by atoms with van der Waals surface area (Å²) in [5, 5.41) is 5.40. The van der Waals surface area contributed by atoms with Gasteiger partial charge in [0, 0.05) is 31.2 Å². The third kappa shape index (κ3) is 4.22. The van der Waals surface area contributed by atoms with E-state index in [9.17, 15) is 0 Å². The van der Waals surface area contributed by atoms with Crippen LogP contribution in [0.5, 0.6) is 0 Å². The van der Waals surface area contributed by atoms with Crippen molar-refractivity contribution < 1.29 is 0 Å². The first-order chi connectivity index (χ1) is 24.0. The van der Waals surface area contributed by atoms with Crippen LogP contribution in [-0.2, 0) is 11.8 Å². The summed E-state index contributed by atoms with van der Waals surface area (Å²) >= 11 is 1.94. The summed E-state index contributed by atoms with van der Waals surface area (Å²) < 4.78 is 2.78. The van der Waals surface area contributed by atoms with Crippen molar-refractivity contribution in [1.82, 2.24) is 0 Å². The Kier molecular flexibility index (Phi) is 6.23. The Morgan fingerprint density at radius 2 is 1.20 bits per heavy atom. The van der Waals surface area contributed by atoms with Gasteiger partial charge in [0.15, 0.2) is 0 Å². The maximum absolute atomic E-state index is 2.54. The van der Waals surface area contributed by atoms with Gasteiger partial charge in [0.25, 0.3) is 0 Å². The Hall–Kier alpha value is -5.24. The number of fused-ring (bicyclic) bond motifs is 9. The van der Waals surface area contributed by atoms with Crippen LogP contribution in [0.25, 0.3) is 81.5 Å². The Morgan fingerprint density at radius 3 is 2.00 bits per heavy atom. The second kappa shape index (κ2) is 10.6. The van der Waals surface area contributed by atoms with Crippen LogP contribution in [0.1, 0.15) is 43.0 Å². The maximum atomic E-state index is 2.54. The fourth-order valence-electron chi connectivity index (χ4n) is 8.82. The molecule has 0 nitrogen and oxygen atoms in total. The monoisotopic (exact) mass is 644 g/mol. The molecule has 0 N–H and O–H groups in total. The molecule has 1 unspecified atom stereocenters. The first-order valence-corrected chi connectivity index (χ1v) is 18.3. The molecule has 0 bridgehead atoms. The lowest BCUT2D eigenvalue weighted by Crippen LogP contribution is -2.15. The van der Waals surface area contributed by atoms with E-state index in [1.807, 2.05) is 11.3 Å². The molecular weight excluding hydrogens is 609 g/mol. The number of allylic oxidation sites excluding steroid dienone is 1. The Labute approximate surface area is 292 Å². The third-order valence-electron chi connectivity index (χ3n) is 11.2. The van der Waals surface area contributed by atoms with Gasteiger partial charge in [0.2, 0.25) is 0 Å². The zero-order chi connectivity index (χ0) is 32.9. The summed E-state index contributed by atoms with van der Waals surface area (Å²) in [6, 6.07) is 50.0. The molecule has 1 atom stereocenters. The molecule has 2 aliphatic rings. The molecule has 0 radical (unpaired) electrons. The van der Waals surface area contributed by atoms with Gasteiger partial charge in [-0.1, -0.05) is 154 Å². The molecule has 234 valence electrons. The molecule has 0 aliphatic heterocycles. The smallest absolute Gasteiger partial charge is 0.0437 e. The van der Waals surface area contributed by atoms with E-state index >= 15 is 0 Å². The van der Waals surface area contributed by atoms with Gasteiger partial charge in [0.1, 0.15) is 0 Å². The lowest BCUT2D eigenvalue weighted by Gasteiger charge is -2.27. The molecule has 0 saturated carbocycles. The van der Waals surface area contributed by atoms with Crippen molar-refractivity contribution in [3.05, 3.63) is 162 Å². The van der Waals surface area contributed by atoms with Crippen LogP contribution in [0, 0.1) is 5.92 Å². The predicted octanol–water partition coefficient (Wildman–Crippen LogP) is 13.7. The van der Waals surface area contributed by atoms with Gasteiger partial charge >= 0.3 is 0 Å². The lowest BCUT2D eigenvalue weighted by atomic mass is 9.77. The number of hydrogen-bond donors (Lipinski definition) is 0. The number of hydrogen-bond acceptors (Lipinski definition) is 1. The average molecular weight is 645 g/mol. The van der Waals surface area contributed by atoms with Crippen molar-refractivity contribution >= 4 is 48.4 Å². The van der Waals surface area contributed by atoms with Crippen molar-refractivity contribution in [3.63, 3.8) is 0 Å². The number of benzene rings is 7. The molecule has 0 amide bonds. The Balaban J connectivity index is 1.19. The highest BCUT2D eigenvalue weighted by molar-refractivity contribution is 7.26. The summed E-state index contributed by atoms with van der Waals surface area (Å²) in [4.78, 5) is 0. The highest BCUT2D eigenvalue weighted by Gasteiger charge is 2.37. The van der Waals surface area contributed by atoms with Crippen molar-refractivity contribution in [2.45, 2.75) is 32.6 Å². The highest BCUT2D eigenvalue weighted by Crippen LogP contribution is 2.55. The molecule has 0 fully saturated rings. The molecule has 1 heteroatoms. The summed E-state index contributed by atoms with van der Waals surface area (Å²) in [6.45, 7) is 7.19. The molecular formula is C48H36S. The fourth-order valence-corrected chi connectivity index (χ4v) is 10.1. The summed E-state index contributed by atoms with van der Waals surface area (Å²) in [5.41, 5.74) is 16.3. The lowest BCUT2D eigenvalue weighted by molar-refractivity contribution is 0.661. The van der Waals surface area contributed by atoms with E-state index in [0.29, 0.717) is 5.92 Å². The van der Waals surface area contributed by atoms with Crippen LogP contribution in [0.15, 0.2) is 140 Å². The van der Waals surface area contributed by atoms with E-state index in [-0.39, 0.29) is 5.41 Å². The first-order valence-electron chi connectivity index (χ1n) is 17.5. The Morgan fingerprint density at radius 1 is 0.551 bits per heavy atom. The van der Waals surface area contributed by atoms with Crippen molar-refractivity contribution in [2.75, 3.05) is 0 Å². The van der Waals surface area contributed by atoms with Crippen molar-refractivity contribution in [1.29, 1.82) is 0 Å². The van der Waals surface area contributed by atoms with Gasteiger partial charge in [-0.2, -0.15) is 0 Å². The second-order valence-corrected chi connectivity index (χ2v) is 15.6. The van der Waals surface area contributed by atoms with Crippen LogP contribution in [-0.4, -0.2) is 0 Å². The maximum Gasteiger partial charge on any atom is 0.0437 e. The van der Waals surface area contributed by atoms with Crippen molar-refractivity contribution in [3.8, 4) is 44.5 Å². The summed E-state index contributed by atoms with van der Waals surface area (Å²) in [6.07, 6.45) is 5.84. The minimum absolute atomic E-state index is 0.0887. The van der Waals surface area contributed by atoms with Crippen LogP contribution < -0.4 is 0 Å². The number of rotatable bonds is 3. The van der Waals surface area contributed by atoms with Gasteiger partial charge in [-0.25, -0.2) is 0 Å². The first kappa shape index (κ1) is 28.7. The van der Waals surface area contributed by atoms with Crippen LogP contribution in [0.2, 0.25) is 0 Å². The molecule has 7 aromatic carbocycles. The van der Waals surface area contributed by atoms with E-state index in [1.54, 1.807) is 0 Å². The quantitative estimate of drug-likeness (QED) is 0.180. The van der Waals surface area contributed by atoms with E-state index in [4.69, 9.17) is 0 Å². The molecule has 2 aliphatic carbocycles. The van der Waals surface area contributed by atoms with Crippen LogP contribution >= 0.6 is 11.3 Å². The SMILES string of the molecule is CC1C=Cc2c(c(-c3ccc4c(c3)C(C)(C)c3ccc5c(sc6ccccc65)c3-4)c3ccccc3c2-c2ccc(-c3ccccc3)cc2)C1. The van der Waals surface area contributed by atoms with E-state index in [2.05, 4.69) is 166 Å². The van der Waals surface area contributed by atoms with E-state index < -0.39 is 0 Å².